The van der Waals surface area contributed by atoms with Gasteiger partial charge in [0.2, 0.25) is 5.83 Å². The second kappa shape index (κ2) is 1.47. The molecule has 8 heavy (non-hydrogen) atoms. The van der Waals surface area contributed by atoms with Crippen LogP contribution < -0.4 is 0 Å². The van der Waals surface area contributed by atoms with Crippen LogP contribution in [0.15, 0.2) is 11.6 Å². The summed E-state index contributed by atoms with van der Waals surface area (Å²) in [7, 11) is 0. The Morgan fingerprint density at radius 1 is 1.75 bits per heavy atom. The lowest BCUT2D eigenvalue weighted by atomic mass is 10.5. The molecular formula is C4H3FO3. The third-order valence-corrected chi connectivity index (χ3v) is 0.773. The molecule has 1 N–H and O–H groups in total. The first-order valence-corrected chi connectivity index (χ1v) is 1.96. The first kappa shape index (κ1) is 5.08. The summed E-state index contributed by atoms with van der Waals surface area (Å²) in [6.07, 6.45) is 0. The Hall–Kier alpha value is -1.06. The number of hydrogen-bond acceptors (Lipinski definition) is 3. The molecule has 0 radical (unpaired) electrons. The summed E-state index contributed by atoms with van der Waals surface area (Å²) in [5.41, 5.74) is 0. The highest BCUT2D eigenvalue weighted by molar-refractivity contribution is 5.88. The number of esters is 1. The topological polar surface area (TPSA) is 46.5 Å². The molecule has 0 amide bonds. The Morgan fingerprint density at radius 3 is 2.50 bits per heavy atom. The second-order valence-corrected chi connectivity index (χ2v) is 1.34. The van der Waals surface area contributed by atoms with E-state index >= 15 is 0 Å². The average Bonchev–Trinajstić information content (AvgIpc) is 1.98. The summed E-state index contributed by atoms with van der Waals surface area (Å²) in [4.78, 5) is 9.97. The number of halogens is 1. The van der Waals surface area contributed by atoms with E-state index in [1.807, 2.05) is 0 Å². The smallest absolute Gasteiger partial charge is 0.371 e. The number of rotatable bonds is 0. The van der Waals surface area contributed by atoms with Gasteiger partial charge < -0.3 is 9.84 Å². The monoisotopic (exact) mass is 118 g/mol. The SMILES string of the molecule is O=C1OCC(O)=C1F. The molecule has 0 spiro atoms. The van der Waals surface area contributed by atoms with Crippen LogP contribution in [0.5, 0.6) is 0 Å². The number of aliphatic hydroxyl groups excluding tert-OH is 1. The fraction of sp³-hybridized carbons (Fsp3) is 0.250. The highest BCUT2D eigenvalue weighted by Gasteiger charge is 2.23. The molecule has 0 saturated heterocycles. The van der Waals surface area contributed by atoms with E-state index < -0.39 is 17.6 Å². The maximum atomic E-state index is 11.9. The van der Waals surface area contributed by atoms with E-state index in [1.54, 1.807) is 0 Å². The zero-order chi connectivity index (χ0) is 6.15. The number of hydrogen-bond donors (Lipinski definition) is 1. The zero-order valence-corrected chi connectivity index (χ0v) is 3.85. The van der Waals surface area contributed by atoms with Gasteiger partial charge in [0.05, 0.1) is 0 Å². The Bertz CT molecular complexity index is 161. The van der Waals surface area contributed by atoms with E-state index in [4.69, 9.17) is 5.11 Å². The molecule has 0 unspecified atom stereocenters. The van der Waals surface area contributed by atoms with Crippen molar-refractivity contribution in [2.45, 2.75) is 0 Å². The number of carbonyl (C=O) groups excluding carboxylic acids is 1. The third kappa shape index (κ3) is 0.538. The Kier molecular flexibility index (Phi) is 0.932. The lowest BCUT2D eigenvalue weighted by Gasteiger charge is -1.83. The normalized spacial score (nSPS) is 19.4. The minimum Gasteiger partial charge on any atom is -0.506 e. The lowest BCUT2D eigenvalue weighted by Crippen LogP contribution is -1.93. The van der Waals surface area contributed by atoms with Gasteiger partial charge in [0, 0.05) is 0 Å². The molecule has 3 nitrogen and oxygen atoms in total. The maximum Gasteiger partial charge on any atom is 0.371 e. The van der Waals surface area contributed by atoms with Gasteiger partial charge in [0.1, 0.15) is 0 Å². The van der Waals surface area contributed by atoms with Gasteiger partial charge in [0.15, 0.2) is 12.4 Å². The molecule has 44 valence electrons. The van der Waals surface area contributed by atoms with Gasteiger partial charge in [-0.1, -0.05) is 0 Å². The van der Waals surface area contributed by atoms with Crippen molar-refractivity contribution in [2.24, 2.45) is 0 Å². The van der Waals surface area contributed by atoms with Crippen LogP contribution in [-0.2, 0) is 9.53 Å². The molecule has 0 atom stereocenters. The first-order chi connectivity index (χ1) is 3.72. The summed E-state index contributed by atoms with van der Waals surface area (Å²) in [5.74, 6) is -2.87. The molecule has 0 aromatic carbocycles. The average molecular weight is 118 g/mol. The molecule has 1 rings (SSSR count). The van der Waals surface area contributed by atoms with Crippen LogP contribution in [0.3, 0.4) is 0 Å². The number of carbonyl (C=O) groups is 1. The summed E-state index contributed by atoms with van der Waals surface area (Å²) in [6.45, 7) is -0.329. The second-order valence-electron chi connectivity index (χ2n) is 1.34. The summed E-state index contributed by atoms with van der Waals surface area (Å²) < 4.78 is 15.9. The van der Waals surface area contributed by atoms with Gasteiger partial charge >= 0.3 is 5.97 Å². The highest BCUT2D eigenvalue weighted by atomic mass is 19.1. The molecule has 1 aliphatic heterocycles. The molecule has 0 fully saturated rings. The van der Waals surface area contributed by atoms with Crippen LogP contribution in [0.4, 0.5) is 4.39 Å². The minimum absolute atomic E-state index is 0.329. The zero-order valence-electron chi connectivity index (χ0n) is 3.85. The maximum absolute atomic E-state index is 11.9. The summed E-state index contributed by atoms with van der Waals surface area (Å²) in [5, 5.41) is 8.33. The highest BCUT2D eigenvalue weighted by Crippen LogP contribution is 2.12. The van der Waals surface area contributed by atoms with Crippen LogP contribution >= 0.6 is 0 Å². The van der Waals surface area contributed by atoms with Gasteiger partial charge in [-0.25, -0.2) is 4.79 Å². The molecule has 1 heterocycles. The molecule has 0 aromatic rings. The first-order valence-electron chi connectivity index (χ1n) is 1.96. The largest absolute Gasteiger partial charge is 0.506 e. The van der Waals surface area contributed by atoms with E-state index in [0.29, 0.717) is 0 Å². The Labute approximate surface area is 44.4 Å². The van der Waals surface area contributed by atoms with Crippen molar-refractivity contribution in [2.75, 3.05) is 6.61 Å². The molecule has 0 saturated carbocycles. The van der Waals surface area contributed by atoms with E-state index in [0.717, 1.165) is 0 Å². The van der Waals surface area contributed by atoms with E-state index in [1.165, 1.54) is 0 Å². The van der Waals surface area contributed by atoms with Gasteiger partial charge in [-0.05, 0) is 0 Å². The van der Waals surface area contributed by atoms with E-state index in [2.05, 4.69) is 4.74 Å². The fourth-order valence-electron chi connectivity index (χ4n) is 0.378. The molecule has 1 aliphatic rings. The van der Waals surface area contributed by atoms with Crippen molar-refractivity contribution in [1.29, 1.82) is 0 Å². The number of ether oxygens (including phenoxy) is 1. The van der Waals surface area contributed by atoms with Crippen LogP contribution in [0.2, 0.25) is 0 Å². The predicted octanol–water partition coefficient (Wildman–Crippen LogP) is 0.282. The minimum atomic E-state index is -1.18. The summed E-state index contributed by atoms with van der Waals surface area (Å²) >= 11 is 0. The van der Waals surface area contributed by atoms with Crippen molar-refractivity contribution < 1.29 is 19.0 Å². The van der Waals surface area contributed by atoms with Crippen molar-refractivity contribution in [1.82, 2.24) is 0 Å². The van der Waals surface area contributed by atoms with Crippen LogP contribution in [0.1, 0.15) is 0 Å². The van der Waals surface area contributed by atoms with E-state index in [9.17, 15) is 9.18 Å². The fourth-order valence-corrected chi connectivity index (χ4v) is 0.378. The van der Waals surface area contributed by atoms with Gasteiger partial charge in [-0.15, -0.1) is 0 Å². The molecular weight excluding hydrogens is 115 g/mol. The molecule has 0 aromatic heterocycles. The van der Waals surface area contributed by atoms with Crippen molar-refractivity contribution in [3.8, 4) is 0 Å². The van der Waals surface area contributed by atoms with Gasteiger partial charge in [0.25, 0.3) is 0 Å². The molecule has 4 heteroatoms. The lowest BCUT2D eigenvalue weighted by molar-refractivity contribution is -0.137. The van der Waals surface area contributed by atoms with Gasteiger partial charge in [-0.3, -0.25) is 0 Å². The van der Waals surface area contributed by atoms with Crippen LogP contribution in [0, 0.1) is 0 Å². The van der Waals surface area contributed by atoms with Gasteiger partial charge in [-0.2, -0.15) is 4.39 Å². The van der Waals surface area contributed by atoms with Crippen molar-refractivity contribution in [3.05, 3.63) is 11.6 Å². The predicted molar refractivity (Wildman–Crippen MR) is 21.7 cm³/mol. The van der Waals surface area contributed by atoms with E-state index in [-0.39, 0.29) is 6.61 Å². The molecule has 0 bridgehead atoms. The summed E-state index contributed by atoms with van der Waals surface area (Å²) in [6, 6.07) is 0. The quantitative estimate of drug-likeness (QED) is 0.465. The van der Waals surface area contributed by atoms with Crippen LogP contribution in [-0.4, -0.2) is 17.7 Å². The van der Waals surface area contributed by atoms with Crippen LogP contribution in [0.25, 0.3) is 0 Å². The number of cyclic esters (lactones) is 1. The van der Waals surface area contributed by atoms with Crippen molar-refractivity contribution >= 4 is 5.97 Å². The Balaban J connectivity index is 2.86. The number of aliphatic hydroxyl groups is 1. The third-order valence-electron chi connectivity index (χ3n) is 0.773. The Morgan fingerprint density at radius 2 is 2.38 bits per heavy atom. The van der Waals surface area contributed by atoms with Crippen molar-refractivity contribution in [3.63, 3.8) is 0 Å². The standard InChI is InChI=1S/C4H3FO3/c5-3-2(6)1-8-4(3)7/h6H,1H2. The molecule has 0 aliphatic carbocycles.